The minimum Gasteiger partial charge on any atom is -0.472 e. The number of aliphatic imine (C=N–C) groups is 1. The average Bonchev–Trinajstić information content (AvgIpc) is 3.09. The summed E-state index contributed by atoms with van der Waals surface area (Å²) in [5, 5.41) is 16.8. The van der Waals surface area contributed by atoms with Gasteiger partial charge in [-0.15, -0.1) is 0 Å². The van der Waals surface area contributed by atoms with Gasteiger partial charge >= 0.3 is 0 Å². The van der Waals surface area contributed by atoms with Crippen LogP contribution in [0.15, 0.2) is 27.8 Å². The Kier molecular flexibility index (Phi) is 7.65. The number of hydrogen-bond acceptors (Lipinski definition) is 8. The molecule has 0 saturated carbocycles. The van der Waals surface area contributed by atoms with E-state index in [9.17, 15) is 9.60 Å². The molecular weight excluding hydrogens is 355 g/mol. The Balaban J connectivity index is 2.03. The van der Waals surface area contributed by atoms with Crippen molar-refractivity contribution in [1.82, 2.24) is 25.6 Å². The van der Waals surface area contributed by atoms with Crippen molar-refractivity contribution in [2.75, 3.05) is 47.4 Å². The Labute approximate surface area is 157 Å². The van der Waals surface area contributed by atoms with E-state index in [1.807, 2.05) is 26.6 Å². The van der Waals surface area contributed by atoms with Crippen LogP contribution in [0, 0.1) is 12.7 Å². The maximum Gasteiger partial charge on any atom is 0.287 e. The first-order chi connectivity index (χ1) is 12.9. The van der Waals surface area contributed by atoms with Crippen LogP contribution < -0.4 is 10.2 Å². The number of ether oxygens (including phenoxy) is 1. The molecule has 0 aliphatic heterocycles. The van der Waals surface area contributed by atoms with Crippen molar-refractivity contribution < 1.29 is 19.0 Å². The van der Waals surface area contributed by atoms with Crippen molar-refractivity contribution in [2.24, 2.45) is 4.99 Å². The quantitative estimate of drug-likeness (QED) is 0.383. The number of nitrogens with zero attached hydrogens (tertiary/aromatic N) is 5. The molecule has 0 aliphatic carbocycles. The number of hydrogen-bond donors (Lipinski definition) is 2. The van der Waals surface area contributed by atoms with E-state index in [2.05, 4.69) is 25.1 Å². The Morgan fingerprint density at radius 1 is 1.26 bits per heavy atom. The highest BCUT2D eigenvalue weighted by Crippen LogP contribution is 2.20. The molecule has 1 aromatic heterocycles. The lowest BCUT2D eigenvalue weighted by atomic mass is 10.2. The fourth-order valence-electron chi connectivity index (χ4n) is 2.16. The largest absolute Gasteiger partial charge is 0.472 e. The van der Waals surface area contributed by atoms with E-state index in [1.54, 1.807) is 13.0 Å². The third-order valence-corrected chi connectivity index (χ3v) is 3.81. The van der Waals surface area contributed by atoms with Gasteiger partial charge in [-0.3, -0.25) is 10.7 Å². The molecule has 0 unspecified atom stereocenters. The molecule has 0 atom stereocenters. The van der Waals surface area contributed by atoms with Gasteiger partial charge in [-0.1, -0.05) is 0 Å². The van der Waals surface area contributed by atoms with Gasteiger partial charge in [0.1, 0.15) is 12.4 Å². The number of rotatable bonds is 9. The lowest BCUT2D eigenvalue weighted by molar-refractivity contribution is 0.206. The monoisotopic (exact) mass is 380 g/mol. The zero-order valence-corrected chi connectivity index (χ0v) is 15.9. The van der Waals surface area contributed by atoms with Crippen LogP contribution in [0.5, 0.6) is 5.88 Å². The van der Waals surface area contributed by atoms with E-state index in [-0.39, 0.29) is 23.2 Å². The summed E-state index contributed by atoms with van der Waals surface area (Å²) < 4.78 is 23.7. The van der Waals surface area contributed by atoms with Crippen molar-refractivity contribution in [3.05, 3.63) is 35.3 Å². The number of amidine groups is 1. The van der Waals surface area contributed by atoms with Gasteiger partial charge in [-0.25, -0.2) is 14.0 Å². The highest BCUT2D eigenvalue weighted by atomic mass is 19.1. The lowest BCUT2D eigenvalue weighted by Crippen LogP contribution is -2.31. The average molecular weight is 380 g/mol. The van der Waals surface area contributed by atoms with E-state index in [1.165, 1.54) is 12.1 Å². The number of halogens is 1. The molecule has 10 heteroatoms. The molecule has 1 heterocycles. The van der Waals surface area contributed by atoms with Crippen molar-refractivity contribution in [1.29, 1.82) is 0 Å². The van der Waals surface area contributed by atoms with Crippen molar-refractivity contribution in [2.45, 2.75) is 6.92 Å². The SMILES string of the molecule is Cc1cc(N=C(NO)c2nonc2OCCN(C)CCN(C)C)ccc1F. The van der Waals surface area contributed by atoms with Gasteiger partial charge in [-0.2, -0.15) is 0 Å². The molecule has 1 aromatic carbocycles. The summed E-state index contributed by atoms with van der Waals surface area (Å²) in [6.45, 7) is 4.50. The van der Waals surface area contributed by atoms with Crippen LogP contribution >= 0.6 is 0 Å². The molecule has 0 fully saturated rings. The van der Waals surface area contributed by atoms with E-state index in [4.69, 9.17) is 9.37 Å². The normalized spacial score (nSPS) is 12.1. The molecule has 2 N–H and O–H groups in total. The molecule has 0 saturated heterocycles. The van der Waals surface area contributed by atoms with Crippen LogP contribution in [0.2, 0.25) is 0 Å². The van der Waals surface area contributed by atoms with Gasteiger partial charge in [0.05, 0.1) is 5.69 Å². The minimum atomic E-state index is -0.335. The van der Waals surface area contributed by atoms with E-state index in [0.29, 0.717) is 24.4 Å². The molecule has 9 nitrogen and oxygen atoms in total. The Bertz CT molecular complexity index is 765. The molecule has 2 aromatic rings. The molecule has 0 radical (unpaired) electrons. The Morgan fingerprint density at radius 2 is 2.04 bits per heavy atom. The van der Waals surface area contributed by atoms with Gasteiger partial charge in [-0.05, 0) is 62.1 Å². The summed E-state index contributed by atoms with van der Waals surface area (Å²) in [6.07, 6.45) is 0. The van der Waals surface area contributed by atoms with Gasteiger partial charge in [0, 0.05) is 19.6 Å². The van der Waals surface area contributed by atoms with Gasteiger partial charge < -0.3 is 14.5 Å². The van der Waals surface area contributed by atoms with Crippen molar-refractivity contribution in [3.8, 4) is 5.88 Å². The molecular formula is C17H25FN6O3. The summed E-state index contributed by atoms with van der Waals surface area (Å²) >= 11 is 0. The number of aryl methyl sites for hydroxylation is 1. The standard InChI is InChI=1S/C17H25FN6O3/c1-12-11-13(5-6-14(12)18)19-16(20-25)15-17(22-27-21-15)26-10-9-24(4)8-7-23(2)3/h5-6,11,25H,7-10H2,1-4H3,(H,19,20). The summed E-state index contributed by atoms with van der Waals surface area (Å²) in [5.41, 5.74) is 2.95. The molecule has 2 rings (SSSR count). The second kappa shape index (κ2) is 9.95. The number of likely N-dealkylation sites (N-methyl/N-ethyl adjacent to an activating group) is 2. The first-order valence-corrected chi connectivity index (χ1v) is 8.44. The predicted octanol–water partition coefficient (Wildman–Crippen LogP) is 1.45. The Morgan fingerprint density at radius 3 is 2.70 bits per heavy atom. The van der Waals surface area contributed by atoms with Crippen LogP contribution in [-0.4, -0.2) is 78.5 Å². The molecule has 0 spiro atoms. The first kappa shape index (κ1) is 20.7. The van der Waals surface area contributed by atoms with Crippen molar-refractivity contribution in [3.63, 3.8) is 0 Å². The van der Waals surface area contributed by atoms with Crippen LogP contribution in [0.1, 0.15) is 11.3 Å². The maximum absolute atomic E-state index is 13.4. The number of nitrogens with one attached hydrogen (secondary N) is 1. The van der Waals surface area contributed by atoms with Gasteiger partial charge in [0.15, 0.2) is 5.84 Å². The second-order valence-corrected chi connectivity index (χ2v) is 6.38. The topological polar surface area (TPSA) is 99.2 Å². The highest BCUT2D eigenvalue weighted by Gasteiger charge is 2.18. The van der Waals surface area contributed by atoms with Crippen molar-refractivity contribution >= 4 is 11.5 Å². The van der Waals surface area contributed by atoms with Gasteiger partial charge in [0.25, 0.3) is 5.88 Å². The number of aromatic nitrogens is 2. The number of benzene rings is 1. The summed E-state index contributed by atoms with van der Waals surface area (Å²) in [6, 6.07) is 4.32. The van der Waals surface area contributed by atoms with Gasteiger partial charge in [0.2, 0.25) is 5.69 Å². The first-order valence-electron chi connectivity index (χ1n) is 8.44. The molecule has 0 aliphatic rings. The fourth-order valence-corrected chi connectivity index (χ4v) is 2.16. The fraction of sp³-hybridized carbons (Fsp3) is 0.471. The third-order valence-electron chi connectivity index (χ3n) is 3.81. The summed E-state index contributed by atoms with van der Waals surface area (Å²) in [5.74, 6) is -0.244. The highest BCUT2D eigenvalue weighted by molar-refractivity contribution is 5.99. The van der Waals surface area contributed by atoms with E-state index < -0.39 is 0 Å². The third kappa shape index (κ3) is 6.27. The second-order valence-electron chi connectivity index (χ2n) is 6.38. The molecule has 27 heavy (non-hydrogen) atoms. The van der Waals surface area contributed by atoms with E-state index >= 15 is 0 Å². The predicted molar refractivity (Wildman–Crippen MR) is 98.1 cm³/mol. The van der Waals surface area contributed by atoms with Crippen LogP contribution in [-0.2, 0) is 0 Å². The van der Waals surface area contributed by atoms with E-state index in [0.717, 1.165) is 13.1 Å². The maximum atomic E-state index is 13.4. The molecule has 148 valence electrons. The van der Waals surface area contributed by atoms with Crippen LogP contribution in [0.3, 0.4) is 0 Å². The van der Waals surface area contributed by atoms with Crippen LogP contribution in [0.4, 0.5) is 10.1 Å². The number of hydroxylamine groups is 1. The zero-order valence-electron chi connectivity index (χ0n) is 15.9. The molecule has 0 bridgehead atoms. The van der Waals surface area contributed by atoms with Crippen LogP contribution in [0.25, 0.3) is 0 Å². The smallest absolute Gasteiger partial charge is 0.287 e. The summed E-state index contributed by atoms with van der Waals surface area (Å²) in [7, 11) is 6.03. The Hall–Kier alpha value is -2.56. The zero-order chi connectivity index (χ0) is 19.8. The molecule has 0 amide bonds. The minimum absolute atomic E-state index is 0.0155. The summed E-state index contributed by atoms with van der Waals surface area (Å²) in [4.78, 5) is 8.42. The lowest BCUT2D eigenvalue weighted by Gasteiger charge is -2.18.